The van der Waals surface area contributed by atoms with E-state index in [0.29, 0.717) is 18.5 Å². The molecule has 2 aromatic rings. The van der Waals surface area contributed by atoms with Crippen LogP contribution < -0.4 is 4.74 Å². The van der Waals surface area contributed by atoms with Crippen LogP contribution in [0.5, 0.6) is 11.6 Å². The molecular formula is C14H13F2N3O2. The van der Waals surface area contributed by atoms with E-state index in [2.05, 4.69) is 15.4 Å². The first-order valence-electron chi connectivity index (χ1n) is 6.59. The second kappa shape index (κ2) is 5.23. The van der Waals surface area contributed by atoms with E-state index in [9.17, 15) is 13.6 Å². The topological polar surface area (TPSA) is 67.9 Å². The minimum absolute atomic E-state index is 0.0571. The summed E-state index contributed by atoms with van der Waals surface area (Å²) in [7, 11) is 0. The molecule has 1 aliphatic carbocycles. The Morgan fingerprint density at radius 2 is 2.10 bits per heavy atom. The van der Waals surface area contributed by atoms with Crippen LogP contribution in [0.2, 0.25) is 0 Å². The number of hydrogen-bond acceptors (Lipinski definition) is 4. The van der Waals surface area contributed by atoms with E-state index >= 15 is 0 Å². The monoisotopic (exact) mass is 293 g/mol. The van der Waals surface area contributed by atoms with Crippen molar-refractivity contribution < 1.29 is 18.3 Å². The normalized spacial score (nSPS) is 20.4. The number of nitrogens with zero attached hydrogens (tertiary/aromatic N) is 2. The Morgan fingerprint density at radius 3 is 2.71 bits per heavy atom. The van der Waals surface area contributed by atoms with Crippen LogP contribution in [0, 0.1) is 0 Å². The standard InChI is InChI=1S/C14H13F2N3O2/c15-14(16)6-5-10(7-14)9-1-3-11(4-2-9)21-13-12(8-20)17-19-18-13/h1-4,8,10H,5-7H2,(H,17,18,19). The summed E-state index contributed by atoms with van der Waals surface area (Å²) in [6.07, 6.45) is 0.867. The SMILES string of the molecule is O=Cc1nn[nH]c1Oc1ccc(C2CCC(F)(F)C2)cc1. The molecular weight excluding hydrogens is 280 g/mol. The number of aromatic amines is 1. The number of rotatable bonds is 4. The van der Waals surface area contributed by atoms with E-state index in [1.165, 1.54) is 0 Å². The summed E-state index contributed by atoms with van der Waals surface area (Å²) in [6, 6.07) is 6.90. The van der Waals surface area contributed by atoms with E-state index in [-0.39, 0.29) is 30.3 Å². The average Bonchev–Trinajstić information content (AvgIpc) is 3.06. The first kappa shape index (κ1) is 13.7. The Bertz CT molecular complexity index is 640. The molecule has 110 valence electrons. The van der Waals surface area contributed by atoms with Gasteiger partial charge in [-0.1, -0.05) is 17.3 Å². The third-order valence-corrected chi connectivity index (χ3v) is 3.63. The molecule has 0 saturated heterocycles. The summed E-state index contributed by atoms with van der Waals surface area (Å²) < 4.78 is 31.9. The van der Waals surface area contributed by atoms with Crippen LogP contribution in [0.15, 0.2) is 24.3 Å². The van der Waals surface area contributed by atoms with E-state index in [0.717, 1.165) is 5.56 Å². The van der Waals surface area contributed by atoms with Gasteiger partial charge in [-0.25, -0.2) is 13.9 Å². The van der Waals surface area contributed by atoms with Gasteiger partial charge in [0, 0.05) is 12.8 Å². The van der Waals surface area contributed by atoms with Crippen LogP contribution in [0.3, 0.4) is 0 Å². The Labute approximate surface area is 119 Å². The fourth-order valence-corrected chi connectivity index (χ4v) is 2.54. The third-order valence-electron chi connectivity index (χ3n) is 3.63. The number of alkyl halides is 2. The first-order chi connectivity index (χ1) is 10.1. The number of benzene rings is 1. The summed E-state index contributed by atoms with van der Waals surface area (Å²) in [5.41, 5.74) is 0.951. The van der Waals surface area contributed by atoms with Gasteiger partial charge >= 0.3 is 0 Å². The Kier molecular flexibility index (Phi) is 3.40. The highest BCUT2D eigenvalue weighted by molar-refractivity contribution is 5.74. The predicted octanol–water partition coefficient (Wildman–Crippen LogP) is 3.31. The smallest absolute Gasteiger partial charge is 0.248 e. The van der Waals surface area contributed by atoms with Crippen LogP contribution in [0.25, 0.3) is 0 Å². The summed E-state index contributed by atoms with van der Waals surface area (Å²) in [5, 5.41) is 9.49. The molecule has 7 heteroatoms. The van der Waals surface area contributed by atoms with Gasteiger partial charge in [0.05, 0.1) is 0 Å². The number of aromatic nitrogens is 3. The van der Waals surface area contributed by atoms with Crippen LogP contribution in [0.4, 0.5) is 8.78 Å². The number of ether oxygens (including phenoxy) is 1. The molecule has 1 unspecified atom stereocenters. The summed E-state index contributed by atoms with van der Waals surface area (Å²) in [4.78, 5) is 10.7. The predicted molar refractivity (Wildman–Crippen MR) is 69.8 cm³/mol. The largest absolute Gasteiger partial charge is 0.437 e. The van der Waals surface area contributed by atoms with Crippen molar-refractivity contribution in [2.75, 3.05) is 0 Å². The van der Waals surface area contributed by atoms with Crippen LogP contribution in [0.1, 0.15) is 41.2 Å². The molecule has 5 nitrogen and oxygen atoms in total. The highest BCUT2D eigenvalue weighted by atomic mass is 19.3. The molecule has 1 heterocycles. The first-order valence-corrected chi connectivity index (χ1v) is 6.59. The van der Waals surface area contributed by atoms with Crippen molar-refractivity contribution in [1.29, 1.82) is 0 Å². The number of nitrogens with one attached hydrogen (secondary N) is 1. The number of aldehydes is 1. The quantitative estimate of drug-likeness (QED) is 0.878. The van der Waals surface area contributed by atoms with Gasteiger partial charge in [-0.2, -0.15) is 0 Å². The fourth-order valence-electron chi connectivity index (χ4n) is 2.54. The molecule has 1 fully saturated rings. The van der Waals surface area contributed by atoms with Gasteiger partial charge in [0.15, 0.2) is 12.0 Å². The molecule has 1 aliphatic rings. The van der Waals surface area contributed by atoms with Crippen molar-refractivity contribution in [2.45, 2.75) is 31.1 Å². The molecule has 0 spiro atoms. The van der Waals surface area contributed by atoms with E-state index in [1.807, 2.05) is 0 Å². The maximum Gasteiger partial charge on any atom is 0.248 e. The van der Waals surface area contributed by atoms with Crippen LogP contribution in [-0.2, 0) is 0 Å². The molecule has 0 aliphatic heterocycles. The minimum atomic E-state index is -2.56. The highest BCUT2D eigenvalue weighted by Crippen LogP contribution is 2.44. The third kappa shape index (κ3) is 2.91. The highest BCUT2D eigenvalue weighted by Gasteiger charge is 2.39. The molecule has 1 N–H and O–H groups in total. The molecule has 1 saturated carbocycles. The zero-order valence-corrected chi connectivity index (χ0v) is 11.1. The molecule has 1 atom stereocenters. The van der Waals surface area contributed by atoms with Gasteiger partial charge in [-0.05, 0) is 30.0 Å². The Balaban J connectivity index is 1.71. The fraction of sp³-hybridized carbons (Fsp3) is 0.357. The number of H-pyrrole nitrogens is 1. The lowest BCUT2D eigenvalue weighted by molar-refractivity contribution is 0.00776. The van der Waals surface area contributed by atoms with Gasteiger partial charge in [-0.15, -0.1) is 5.10 Å². The lowest BCUT2D eigenvalue weighted by Gasteiger charge is -2.11. The summed E-state index contributed by atoms with van der Waals surface area (Å²) >= 11 is 0. The van der Waals surface area contributed by atoms with Crippen molar-refractivity contribution in [3.8, 4) is 11.6 Å². The number of carbonyl (C=O) groups excluding carboxylic acids is 1. The Morgan fingerprint density at radius 1 is 1.33 bits per heavy atom. The average molecular weight is 293 g/mol. The molecule has 1 aromatic heterocycles. The summed E-state index contributed by atoms with van der Waals surface area (Å²) in [6.45, 7) is 0. The van der Waals surface area contributed by atoms with Crippen LogP contribution >= 0.6 is 0 Å². The number of carbonyl (C=O) groups is 1. The van der Waals surface area contributed by atoms with E-state index in [1.54, 1.807) is 24.3 Å². The maximum absolute atomic E-state index is 13.2. The second-order valence-electron chi connectivity index (χ2n) is 5.11. The number of hydrogen-bond donors (Lipinski definition) is 1. The van der Waals surface area contributed by atoms with E-state index in [4.69, 9.17) is 4.74 Å². The maximum atomic E-state index is 13.2. The van der Waals surface area contributed by atoms with E-state index < -0.39 is 5.92 Å². The van der Waals surface area contributed by atoms with Crippen molar-refractivity contribution in [2.24, 2.45) is 0 Å². The van der Waals surface area contributed by atoms with Gasteiger partial charge < -0.3 is 4.74 Å². The van der Waals surface area contributed by atoms with Crippen molar-refractivity contribution in [1.82, 2.24) is 15.4 Å². The van der Waals surface area contributed by atoms with Gasteiger partial charge in [0.1, 0.15) is 5.75 Å². The summed E-state index contributed by atoms with van der Waals surface area (Å²) in [5.74, 6) is -2.03. The zero-order chi connectivity index (χ0) is 14.9. The zero-order valence-electron chi connectivity index (χ0n) is 11.1. The van der Waals surface area contributed by atoms with Crippen molar-refractivity contribution in [3.63, 3.8) is 0 Å². The van der Waals surface area contributed by atoms with Gasteiger partial charge in [0.2, 0.25) is 11.8 Å². The second-order valence-corrected chi connectivity index (χ2v) is 5.11. The number of halogens is 2. The minimum Gasteiger partial charge on any atom is -0.437 e. The molecule has 0 bridgehead atoms. The molecule has 0 radical (unpaired) electrons. The Hall–Kier alpha value is -2.31. The molecule has 21 heavy (non-hydrogen) atoms. The van der Waals surface area contributed by atoms with Crippen LogP contribution in [-0.4, -0.2) is 27.6 Å². The lowest BCUT2D eigenvalue weighted by Crippen LogP contribution is -2.09. The van der Waals surface area contributed by atoms with Gasteiger partial charge in [0.25, 0.3) is 0 Å². The molecule has 3 rings (SSSR count). The van der Waals surface area contributed by atoms with Gasteiger partial charge in [-0.3, -0.25) is 4.79 Å². The van der Waals surface area contributed by atoms with Crippen molar-refractivity contribution in [3.05, 3.63) is 35.5 Å². The molecule has 1 aromatic carbocycles. The lowest BCUT2D eigenvalue weighted by atomic mass is 9.97. The molecule has 0 amide bonds. The van der Waals surface area contributed by atoms with Crippen molar-refractivity contribution >= 4 is 6.29 Å².